The van der Waals surface area contributed by atoms with Crippen LogP contribution >= 0.6 is 15.9 Å². The van der Waals surface area contributed by atoms with Crippen molar-refractivity contribution >= 4 is 21.8 Å². The van der Waals surface area contributed by atoms with Crippen molar-refractivity contribution in [3.63, 3.8) is 0 Å². The molecule has 0 saturated carbocycles. The molecule has 1 aliphatic heterocycles. The first-order valence-corrected chi connectivity index (χ1v) is 7.66. The molecule has 1 saturated heterocycles. The zero-order valence-corrected chi connectivity index (χ0v) is 12.9. The molecule has 2 N–H and O–H groups in total. The van der Waals surface area contributed by atoms with E-state index in [1.54, 1.807) is 0 Å². The third-order valence-electron chi connectivity index (χ3n) is 3.73. The van der Waals surface area contributed by atoms with Gasteiger partial charge in [0.25, 0.3) is 5.91 Å². The van der Waals surface area contributed by atoms with Crippen molar-refractivity contribution in [3.8, 4) is 0 Å². The molecule has 2 rings (SSSR count). The highest BCUT2D eigenvalue weighted by molar-refractivity contribution is 9.10. The average Bonchev–Trinajstić information content (AvgIpc) is 2.41. The second-order valence-electron chi connectivity index (χ2n) is 5.32. The predicted molar refractivity (Wildman–Crippen MR) is 81.2 cm³/mol. The molecule has 1 heterocycles. The Hall–Kier alpha value is -0.870. The summed E-state index contributed by atoms with van der Waals surface area (Å²) in [6, 6.07) is 5.91. The van der Waals surface area contributed by atoms with Gasteiger partial charge in [0.2, 0.25) is 0 Å². The van der Waals surface area contributed by atoms with Crippen LogP contribution in [0, 0.1) is 12.8 Å². The number of aryl methyl sites for hydroxylation is 1. The Kier molecular flexibility index (Phi) is 4.99. The van der Waals surface area contributed by atoms with Crippen LogP contribution in [-0.4, -0.2) is 30.4 Å². The van der Waals surface area contributed by atoms with Crippen molar-refractivity contribution in [3.05, 3.63) is 33.8 Å². The number of halogens is 1. The second kappa shape index (κ2) is 6.53. The van der Waals surface area contributed by atoms with E-state index in [-0.39, 0.29) is 5.91 Å². The lowest BCUT2D eigenvalue weighted by atomic mass is 9.94. The predicted octanol–water partition coefficient (Wildman–Crippen LogP) is 2.96. The van der Waals surface area contributed by atoms with Gasteiger partial charge >= 0.3 is 0 Å². The molecular weight excluding hydrogens is 304 g/mol. The molecule has 0 spiro atoms. The number of piperidine rings is 1. The van der Waals surface area contributed by atoms with Gasteiger partial charge in [-0.05, 0) is 66.7 Å². The minimum Gasteiger partial charge on any atom is -0.338 e. The topological polar surface area (TPSA) is 46.3 Å². The summed E-state index contributed by atoms with van der Waals surface area (Å²) in [6.45, 7) is 4.42. The fourth-order valence-corrected chi connectivity index (χ4v) is 3.11. The molecule has 0 radical (unpaired) electrons. The SMILES string of the molecule is Cc1ccc(Br)c(C(=O)N2CCCC(CCN)C2)c1. The van der Waals surface area contributed by atoms with E-state index >= 15 is 0 Å². The van der Waals surface area contributed by atoms with Gasteiger partial charge in [-0.15, -0.1) is 0 Å². The van der Waals surface area contributed by atoms with Crippen molar-refractivity contribution in [1.82, 2.24) is 4.90 Å². The normalized spacial score (nSPS) is 19.5. The van der Waals surface area contributed by atoms with Gasteiger partial charge < -0.3 is 10.6 Å². The smallest absolute Gasteiger partial charge is 0.255 e. The molecule has 0 aromatic heterocycles. The lowest BCUT2D eigenvalue weighted by molar-refractivity contribution is 0.0668. The standard InChI is InChI=1S/C15H21BrN2O/c1-11-4-5-14(16)13(9-11)15(19)18-8-2-3-12(10-18)6-7-17/h4-5,9,12H,2-3,6-8,10,17H2,1H3. The summed E-state index contributed by atoms with van der Waals surface area (Å²) in [5.41, 5.74) is 7.51. The van der Waals surface area contributed by atoms with Crippen LogP contribution in [0.25, 0.3) is 0 Å². The van der Waals surface area contributed by atoms with Gasteiger partial charge in [-0.3, -0.25) is 4.79 Å². The Bertz CT molecular complexity index is 459. The molecule has 1 unspecified atom stereocenters. The summed E-state index contributed by atoms with van der Waals surface area (Å²) >= 11 is 3.48. The molecule has 1 aromatic carbocycles. The van der Waals surface area contributed by atoms with E-state index in [4.69, 9.17) is 5.73 Å². The molecule has 1 amide bonds. The number of likely N-dealkylation sites (tertiary alicyclic amines) is 1. The summed E-state index contributed by atoms with van der Waals surface area (Å²) in [6.07, 6.45) is 3.29. The first-order chi connectivity index (χ1) is 9.11. The number of carbonyl (C=O) groups excluding carboxylic acids is 1. The zero-order chi connectivity index (χ0) is 13.8. The third kappa shape index (κ3) is 3.57. The molecule has 1 aliphatic rings. The molecule has 0 bridgehead atoms. The lowest BCUT2D eigenvalue weighted by Gasteiger charge is -2.33. The van der Waals surface area contributed by atoms with Crippen molar-refractivity contribution in [2.24, 2.45) is 11.7 Å². The number of carbonyl (C=O) groups is 1. The van der Waals surface area contributed by atoms with Crippen molar-refractivity contribution in [2.75, 3.05) is 19.6 Å². The van der Waals surface area contributed by atoms with Crippen LogP contribution in [0.15, 0.2) is 22.7 Å². The highest BCUT2D eigenvalue weighted by atomic mass is 79.9. The van der Waals surface area contributed by atoms with Gasteiger partial charge in [-0.2, -0.15) is 0 Å². The molecule has 1 atom stereocenters. The summed E-state index contributed by atoms with van der Waals surface area (Å²) < 4.78 is 0.879. The molecule has 1 fully saturated rings. The van der Waals surface area contributed by atoms with E-state index in [0.717, 1.165) is 41.5 Å². The minimum absolute atomic E-state index is 0.136. The van der Waals surface area contributed by atoms with E-state index in [0.29, 0.717) is 12.5 Å². The first-order valence-electron chi connectivity index (χ1n) is 6.87. The van der Waals surface area contributed by atoms with E-state index in [1.165, 1.54) is 6.42 Å². The number of hydrogen-bond acceptors (Lipinski definition) is 2. The number of rotatable bonds is 3. The Morgan fingerprint density at radius 1 is 1.53 bits per heavy atom. The molecule has 1 aromatic rings. The Morgan fingerprint density at radius 2 is 2.32 bits per heavy atom. The largest absolute Gasteiger partial charge is 0.338 e. The van der Waals surface area contributed by atoms with Gasteiger partial charge in [0, 0.05) is 17.6 Å². The fourth-order valence-electron chi connectivity index (χ4n) is 2.69. The molecular formula is C15H21BrN2O. The monoisotopic (exact) mass is 324 g/mol. The Labute approximate surface area is 123 Å². The third-order valence-corrected chi connectivity index (χ3v) is 4.42. The fraction of sp³-hybridized carbons (Fsp3) is 0.533. The number of benzene rings is 1. The molecule has 104 valence electrons. The van der Waals surface area contributed by atoms with E-state index < -0.39 is 0 Å². The number of nitrogens with zero attached hydrogens (tertiary/aromatic N) is 1. The minimum atomic E-state index is 0.136. The maximum atomic E-state index is 12.6. The van der Waals surface area contributed by atoms with Crippen molar-refractivity contribution in [1.29, 1.82) is 0 Å². The summed E-state index contributed by atoms with van der Waals surface area (Å²) in [5, 5.41) is 0. The second-order valence-corrected chi connectivity index (χ2v) is 6.17. The van der Waals surface area contributed by atoms with Crippen LogP contribution in [0.5, 0.6) is 0 Å². The van der Waals surface area contributed by atoms with Crippen LogP contribution in [0.2, 0.25) is 0 Å². The van der Waals surface area contributed by atoms with Gasteiger partial charge in [0.1, 0.15) is 0 Å². The van der Waals surface area contributed by atoms with E-state index in [2.05, 4.69) is 15.9 Å². The maximum absolute atomic E-state index is 12.6. The van der Waals surface area contributed by atoms with Crippen molar-refractivity contribution < 1.29 is 4.79 Å². The Balaban J connectivity index is 2.12. The average molecular weight is 325 g/mol. The molecule has 0 aliphatic carbocycles. The van der Waals surface area contributed by atoms with Gasteiger partial charge in [-0.25, -0.2) is 0 Å². The zero-order valence-electron chi connectivity index (χ0n) is 11.4. The summed E-state index contributed by atoms with van der Waals surface area (Å²) in [7, 11) is 0. The summed E-state index contributed by atoms with van der Waals surface area (Å²) in [5.74, 6) is 0.698. The van der Waals surface area contributed by atoms with Crippen LogP contribution in [0.3, 0.4) is 0 Å². The highest BCUT2D eigenvalue weighted by Crippen LogP contribution is 2.24. The number of nitrogens with two attached hydrogens (primary N) is 1. The summed E-state index contributed by atoms with van der Waals surface area (Å²) in [4.78, 5) is 14.6. The van der Waals surface area contributed by atoms with Crippen LogP contribution in [0.4, 0.5) is 0 Å². The van der Waals surface area contributed by atoms with Crippen molar-refractivity contribution in [2.45, 2.75) is 26.2 Å². The van der Waals surface area contributed by atoms with Crippen LogP contribution in [0.1, 0.15) is 35.2 Å². The van der Waals surface area contributed by atoms with Crippen LogP contribution < -0.4 is 5.73 Å². The number of hydrogen-bond donors (Lipinski definition) is 1. The first kappa shape index (κ1) is 14.5. The molecule has 4 heteroatoms. The van der Waals surface area contributed by atoms with Gasteiger partial charge in [0.15, 0.2) is 0 Å². The molecule has 3 nitrogen and oxygen atoms in total. The molecule has 19 heavy (non-hydrogen) atoms. The van der Waals surface area contributed by atoms with Gasteiger partial charge in [-0.1, -0.05) is 11.6 Å². The number of amides is 1. The van der Waals surface area contributed by atoms with E-state index in [1.807, 2.05) is 30.0 Å². The maximum Gasteiger partial charge on any atom is 0.255 e. The van der Waals surface area contributed by atoms with Crippen LogP contribution in [-0.2, 0) is 0 Å². The van der Waals surface area contributed by atoms with E-state index in [9.17, 15) is 4.79 Å². The quantitative estimate of drug-likeness (QED) is 0.929. The lowest BCUT2D eigenvalue weighted by Crippen LogP contribution is -2.40. The Morgan fingerprint density at radius 3 is 3.05 bits per heavy atom. The van der Waals surface area contributed by atoms with Gasteiger partial charge in [0.05, 0.1) is 5.56 Å². The highest BCUT2D eigenvalue weighted by Gasteiger charge is 2.25.